The average Bonchev–Trinajstić information content (AvgIpc) is 2.76. The van der Waals surface area contributed by atoms with Crippen LogP contribution in [0.2, 0.25) is 0 Å². The molecule has 1 unspecified atom stereocenters. The summed E-state index contributed by atoms with van der Waals surface area (Å²) in [5.41, 5.74) is 0.961. The molecule has 2 heterocycles. The van der Waals surface area contributed by atoms with E-state index in [1.54, 1.807) is 4.90 Å². The Kier molecular flexibility index (Phi) is 4.49. The van der Waals surface area contributed by atoms with E-state index in [1.165, 1.54) is 0 Å². The zero-order chi connectivity index (χ0) is 17.5. The number of hydrogen-bond donors (Lipinski definition) is 1. The van der Waals surface area contributed by atoms with E-state index in [2.05, 4.69) is 0 Å². The van der Waals surface area contributed by atoms with Crippen molar-refractivity contribution in [2.75, 3.05) is 18.1 Å². The van der Waals surface area contributed by atoms with Gasteiger partial charge in [0, 0.05) is 12.2 Å². The molecule has 1 amide bonds. The van der Waals surface area contributed by atoms with Crippen molar-refractivity contribution < 1.29 is 19.2 Å². The molecule has 0 aliphatic carbocycles. The first kappa shape index (κ1) is 17.5. The quantitative estimate of drug-likeness (QED) is 0.857. The lowest BCUT2D eigenvalue weighted by molar-refractivity contribution is -0.125. The van der Waals surface area contributed by atoms with Gasteiger partial charge in [-0.2, -0.15) is 0 Å². The van der Waals surface area contributed by atoms with Gasteiger partial charge in [-0.3, -0.25) is 4.79 Å². The van der Waals surface area contributed by atoms with E-state index in [-0.39, 0.29) is 18.4 Å². The number of benzene rings is 1. The molecule has 3 rings (SSSR count). The van der Waals surface area contributed by atoms with Gasteiger partial charge in [0.15, 0.2) is 0 Å². The molecule has 1 N–H and O–H groups in total. The summed E-state index contributed by atoms with van der Waals surface area (Å²) in [7, 11) is -0.441. The van der Waals surface area contributed by atoms with Crippen molar-refractivity contribution in [2.45, 2.75) is 51.7 Å². The molecule has 2 saturated heterocycles. The van der Waals surface area contributed by atoms with E-state index in [9.17, 15) is 9.90 Å². The van der Waals surface area contributed by atoms with Gasteiger partial charge in [0.1, 0.15) is 0 Å². The van der Waals surface area contributed by atoms with Gasteiger partial charge in [0.2, 0.25) is 5.91 Å². The Hall–Kier alpha value is -1.37. The summed E-state index contributed by atoms with van der Waals surface area (Å²) < 4.78 is 12.2. The maximum absolute atomic E-state index is 12.5. The van der Waals surface area contributed by atoms with Crippen molar-refractivity contribution in [3.05, 3.63) is 24.3 Å². The van der Waals surface area contributed by atoms with Crippen LogP contribution in [0.1, 0.15) is 40.5 Å². The highest BCUT2D eigenvalue weighted by atomic mass is 16.7. The van der Waals surface area contributed by atoms with Gasteiger partial charge in [-0.25, -0.2) is 0 Å². The molecule has 24 heavy (non-hydrogen) atoms. The van der Waals surface area contributed by atoms with Crippen LogP contribution in [-0.4, -0.2) is 42.5 Å². The van der Waals surface area contributed by atoms with Crippen LogP contribution in [-0.2, 0) is 14.1 Å². The number of carbonyl (C=O) groups excluding carboxylic acids is 1. The molecule has 2 aliphatic heterocycles. The van der Waals surface area contributed by atoms with E-state index in [0.717, 1.165) is 24.0 Å². The Morgan fingerprint density at radius 3 is 2.54 bits per heavy atom. The van der Waals surface area contributed by atoms with Crippen LogP contribution >= 0.6 is 0 Å². The number of aliphatic hydroxyl groups is 1. The molecule has 1 aromatic rings. The predicted octanol–water partition coefficient (Wildman–Crippen LogP) is 1.72. The molecular formula is C18H26BNO4. The molecule has 2 aliphatic rings. The minimum absolute atomic E-state index is 0.00480. The molecule has 0 bridgehead atoms. The number of hydrogen-bond acceptors (Lipinski definition) is 4. The van der Waals surface area contributed by atoms with Crippen LogP contribution in [0.15, 0.2) is 24.3 Å². The average molecular weight is 331 g/mol. The van der Waals surface area contributed by atoms with Gasteiger partial charge in [-0.15, -0.1) is 0 Å². The van der Waals surface area contributed by atoms with E-state index in [4.69, 9.17) is 9.31 Å². The molecule has 2 fully saturated rings. The number of nitrogens with zero attached hydrogens (tertiary/aromatic N) is 1. The molecule has 1 aromatic carbocycles. The topological polar surface area (TPSA) is 59.0 Å². The number of rotatable bonds is 3. The SMILES string of the molecule is CC1(C)OB(c2cccc(N3CCCC(CO)C3=O)c2)OC1(C)C. The Balaban J connectivity index is 1.84. The van der Waals surface area contributed by atoms with Crippen molar-refractivity contribution in [3.8, 4) is 0 Å². The van der Waals surface area contributed by atoms with Crippen molar-refractivity contribution in [2.24, 2.45) is 5.92 Å². The zero-order valence-corrected chi connectivity index (χ0v) is 14.9. The fourth-order valence-electron chi connectivity index (χ4n) is 3.19. The Morgan fingerprint density at radius 1 is 1.25 bits per heavy atom. The molecule has 1 atom stereocenters. The van der Waals surface area contributed by atoms with Crippen molar-refractivity contribution >= 4 is 24.2 Å². The molecular weight excluding hydrogens is 305 g/mol. The van der Waals surface area contributed by atoms with Crippen LogP contribution in [0.5, 0.6) is 0 Å². The lowest BCUT2D eigenvalue weighted by atomic mass is 9.79. The minimum Gasteiger partial charge on any atom is -0.399 e. The second kappa shape index (κ2) is 6.17. The van der Waals surface area contributed by atoms with Crippen molar-refractivity contribution in [1.82, 2.24) is 0 Å². The summed E-state index contributed by atoms with van der Waals surface area (Å²) in [5.74, 6) is -0.297. The van der Waals surface area contributed by atoms with E-state index < -0.39 is 18.3 Å². The van der Waals surface area contributed by atoms with Gasteiger partial charge in [0.25, 0.3) is 0 Å². The Bertz CT molecular complexity index is 615. The standard InChI is InChI=1S/C18H26BNO4/c1-17(2)18(3,4)24-19(23-17)14-8-5-9-15(11-14)20-10-6-7-13(12-21)16(20)22/h5,8-9,11,13,21H,6-7,10,12H2,1-4H3. The normalized spacial score (nSPS) is 26.0. The second-order valence-electron chi connectivity index (χ2n) is 7.69. The van der Waals surface area contributed by atoms with Crippen LogP contribution in [0.25, 0.3) is 0 Å². The summed E-state index contributed by atoms with van der Waals surface area (Å²) >= 11 is 0. The van der Waals surface area contributed by atoms with Gasteiger partial charge >= 0.3 is 7.12 Å². The fourth-order valence-corrected chi connectivity index (χ4v) is 3.19. The van der Waals surface area contributed by atoms with Gasteiger partial charge < -0.3 is 19.3 Å². The molecule has 0 radical (unpaired) electrons. The third-order valence-corrected chi connectivity index (χ3v) is 5.48. The number of piperidine rings is 1. The van der Waals surface area contributed by atoms with Gasteiger partial charge in [-0.05, 0) is 58.1 Å². The summed E-state index contributed by atoms with van der Waals surface area (Å²) in [5, 5.41) is 9.38. The minimum atomic E-state index is -0.441. The van der Waals surface area contributed by atoms with E-state index in [1.807, 2.05) is 52.0 Å². The molecule has 0 aromatic heterocycles. The fraction of sp³-hybridized carbons (Fsp3) is 0.611. The third-order valence-electron chi connectivity index (χ3n) is 5.48. The largest absolute Gasteiger partial charge is 0.494 e. The summed E-state index contributed by atoms with van der Waals surface area (Å²) in [4.78, 5) is 14.3. The molecule has 5 nitrogen and oxygen atoms in total. The maximum atomic E-state index is 12.5. The monoisotopic (exact) mass is 331 g/mol. The number of carbonyl (C=O) groups is 1. The molecule has 6 heteroatoms. The summed E-state index contributed by atoms with van der Waals surface area (Å²) in [6.07, 6.45) is 1.65. The highest BCUT2D eigenvalue weighted by Crippen LogP contribution is 2.36. The molecule has 0 saturated carbocycles. The van der Waals surface area contributed by atoms with E-state index in [0.29, 0.717) is 6.54 Å². The zero-order valence-electron chi connectivity index (χ0n) is 14.9. The van der Waals surface area contributed by atoms with Crippen LogP contribution in [0, 0.1) is 5.92 Å². The highest BCUT2D eigenvalue weighted by Gasteiger charge is 2.51. The number of amides is 1. The lowest BCUT2D eigenvalue weighted by Crippen LogP contribution is -2.43. The first-order valence-electron chi connectivity index (χ1n) is 8.63. The molecule has 0 spiro atoms. The maximum Gasteiger partial charge on any atom is 0.494 e. The summed E-state index contributed by atoms with van der Waals surface area (Å²) in [6.45, 7) is 8.69. The second-order valence-corrected chi connectivity index (χ2v) is 7.69. The Morgan fingerprint density at radius 2 is 1.92 bits per heavy atom. The smallest absolute Gasteiger partial charge is 0.399 e. The molecule has 130 valence electrons. The Labute approximate surface area is 144 Å². The van der Waals surface area contributed by atoms with Crippen LogP contribution < -0.4 is 10.4 Å². The number of anilines is 1. The van der Waals surface area contributed by atoms with Crippen molar-refractivity contribution in [3.63, 3.8) is 0 Å². The van der Waals surface area contributed by atoms with Crippen LogP contribution in [0.3, 0.4) is 0 Å². The highest BCUT2D eigenvalue weighted by molar-refractivity contribution is 6.62. The van der Waals surface area contributed by atoms with Crippen molar-refractivity contribution in [1.29, 1.82) is 0 Å². The van der Waals surface area contributed by atoms with Gasteiger partial charge in [0.05, 0.1) is 23.7 Å². The predicted molar refractivity (Wildman–Crippen MR) is 94.3 cm³/mol. The van der Waals surface area contributed by atoms with Gasteiger partial charge in [-0.1, -0.05) is 12.1 Å². The first-order chi connectivity index (χ1) is 11.2. The number of aliphatic hydroxyl groups excluding tert-OH is 1. The third kappa shape index (κ3) is 2.98. The summed E-state index contributed by atoms with van der Waals surface area (Å²) in [6, 6.07) is 7.77. The van der Waals surface area contributed by atoms with E-state index >= 15 is 0 Å². The van der Waals surface area contributed by atoms with Crippen LogP contribution in [0.4, 0.5) is 5.69 Å². The lowest BCUT2D eigenvalue weighted by Gasteiger charge is -2.32. The first-order valence-corrected chi connectivity index (χ1v) is 8.63.